The summed E-state index contributed by atoms with van der Waals surface area (Å²) in [7, 11) is 4.11. The highest BCUT2D eigenvalue weighted by Gasteiger charge is 2.05. The van der Waals surface area contributed by atoms with Gasteiger partial charge in [-0.15, -0.1) is 11.3 Å². The van der Waals surface area contributed by atoms with Gasteiger partial charge < -0.3 is 4.90 Å². The van der Waals surface area contributed by atoms with Crippen molar-refractivity contribution in [3.8, 4) is 0 Å². The summed E-state index contributed by atoms with van der Waals surface area (Å²) in [4.78, 5) is 6.80. The van der Waals surface area contributed by atoms with Crippen molar-refractivity contribution in [2.45, 2.75) is 6.92 Å². The van der Waals surface area contributed by atoms with Crippen molar-refractivity contribution < 1.29 is 0 Å². The first-order valence-electron chi connectivity index (χ1n) is 6.95. The van der Waals surface area contributed by atoms with Gasteiger partial charge in [0.1, 0.15) is 5.01 Å². The minimum atomic E-state index is 1.08. The maximum atomic E-state index is 4.70. The van der Waals surface area contributed by atoms with Crippen LogP contribution in [0.5, 0.6) is 0 Å². The van der Waals surface area contributed by atoms with Crippen molar-refractivity contribution in [3.63, 3.8) is 0 Å². The predicted octanol–water partition coefficient (Wildman–Crippen LogP) is 4.92. The van der Waals surface area contributed by atoms with Crippen molar-refractivity contribution in [3.05, 3.63) is 59.1 Å². The second-order valence-electron chi connectivity index (χ2n) is 5.30. The second-order valence-corrected chi connectivity index (χ2v) is 6.33. The molecule has 0 aliphatic carbocycles. The quantitative estimate of drug-likeness (QED) is 0.681. The molecule has 0 atom stereocenters. The molecule has 106 valence electrons. The Balaban J connectivity index is 1.91. The third kappa shape index (κ3) is 2.98. The standard InChI is InChI=1S/C18H18N2S/c1-13(12-14-8-10-15(11-9-14)20(2)3)18-19-16-6-4-5-7-17(16)21-18/h4-12H,1-3H3. The molecule has 0 spiro atoms. The molecule has 0 fully saturated rings. The average Bonchev–Trinajstić information content (AvgIpc) is 2.92. The third-order valence-electron chi connectivity index (χ3n) is 3.42. The molecular weight excluding hydrogens is 276 g/mol. The molecule has 3 aromatic rings. The number of thiazole rings is 1. The molecule has 1 heterocycles. The fraction of sp³-hybridized carbons (Fsp3) is 0.167. The number of aromatic nitrogens is 1. The van der Waals surface area contributed by atoms with Gasteiger partial charge in [0, 0.05) is 19.8 Å². The lowest BCUT2D eigenvalue weighted by molar-refractivity contribution is 1.13. The monoisotopic (exact) mass is 294 g/mol. The molecule has 0 aliphatic heterocycles. The normalized spacial score (nSPS) is 11.9. The first kappa shape index (κ1) is 13.8. The third-order valence-corrected chi connectivity index (χ3v) is 4.60. The van der Waals surface area contributed by atoms with Crippen LogP contribution in [-0.2, 0) is 0 Å². The Labute approximate surface area is 129 Å². The van der Waals surface area contributed by atoms with E-state index in [1.165, 1.54) is 21.5 Å². The van der Waals surface area contributed by atoms with E-state index in [1.54, 1.807) is 11.3 Å². The van der Waals surface area contributed by atoms with Crippen LogP contribution in [0.4, 0.5) is 5.69 Å². The average molecular weight is 294 g/mol. The molecule has 0 amide bonds. The number of nitrogens with zero attached hydrogens (tertiary/aromatic N) is 2. The molecule has 2 aromatic carbocycles. The molecule has 0 N–H and O–H groups in total. The van der Waals surface area contributed by atoms with E-state index in [-0.39, 0.29) is 0 Å². The molecular formula is C18H18N2S. The summed E-state index contributed by atoms with van der Waals surface area (Å²) >= 11 is 1.75. The van der Waals surface area contributed by atoms with Crippen molar-refractivity contribution in [1.82, 2.24) is 4.98 Å². The number of benzene rings is 2. The Morgan fingerprint density at radius 3 is 2.43 bits per heavy atom. The highest BCUT2D eigenvalue weighted by molar-refractivity contribution is 7.19. The number of anilines is 1. The first-order valence-corrected chi connectivity index (χ1v) is 7.77. The van der Waals surface area contributed by atoms with Crippen molar-refractivity contribution >= 4 is 38.9 Å². The Kier molecular flexibility index (Phi) is 3.76. The topological polar surface area (TPSA) is 16.1 Å². The van der Waals surface area contributed by atoms with E-state index in [0.717, 1.165) is 10.5 Å². The molecule has 1 aromatic heterocycles. The fourth-order valence-corrected chi connectivity index (χ4v) is 3.16. The minimum Gasteiger partial charge on any atom is -0.378 e. The van der Waals surface area contributed by atoms with Gasteiger partial charge in [0.15, 0.2) is 0 Å². The van der Waals surface area contributed by atoms with Crippen LogP contribution in [0.25, 0.3) is 21.9 Å². The second kappa shape index (κ2) is 5.70. The Bertz CT molecular complexity index is 749. The van der Waals surface area contributed by atoms with Gasteiger partial charge in [-0.25, -0.2) is 4.98 Å². The summed E-state index contributed by atoms with van der Waals surface area (Å²) < 4.78 is 1.24. The summed E-state index contributed by atoms with van der Waals surface area (Å²) in [5.41, 5.74) is 4.70. The van der Waals surface area contributed by atoms with E-state index in [2.05, 4.69) is 74.5 Å². The van der Waals surface area contributed by atoms with E-state index >= 15 is 0 Å². The maximum absolute atomic E-state index is 4.70. The zero-order valence-electron chi connectivity index (χ0n) is 12.5. The number of hydrogen-bond acceptors (Lipinski definition) is 3. The lowest BCUT2D eigenvalue weighted by Crippen LogP contribution is -2.07. The van der Waals surface area contributed by atoms with Gasteiger partial charge in [-0.1, -0.05) is 24.3 Å². The zero-order chi connectivity index (χ0) is 14.8. The van der Waals surface area contributed by atoms with E-state index in [9.17, 15) is 0 Å². The smallest absolute Gasteiger partial charge is 0.120 e. The summed E-state index contributed by atoms with van der Waals surface area (Å²) in [6.07, 6.45) is 2.19. The van der Waals surface area contributed by atoms with Gasteiger partial charge in [0.05, 0.1) is 10.2 Å². The molecule has 21 heavy (non-hydrogen) atoms. The van der Waals surface area contributed by atoms with Gasteiger partial charge >= 0.3 is 0 Å². The van der Waals surface area contributed by atoms with Gasteiger partial charge in [-0.3, -0.25) is 0 Å². The SMILES string of the molecule is CC(=Cc1ccc(N(C)C)cc1)c1nc2ccccc2s1. The number of para-hydroxylation sites is 1. The fourth-order valence-electron chi connectivity index (χ4n) is 2.22. The predicted molar refractivity (Wildman–Crippen MR) is 93.9 cm³/mol. The molecule has 0 bridgehead atoms. The molecule has 0 radical (unpaired) electrons. The largest absolute Gasteiger partial charge is 0.378 e. The van der Waals surface area contributed by atoms with E-state index in [0.29, 0.717) is 0 Å². The van der Waals surface area contributed by atoms with Crippen molar-refractivity contribution in [2.75, 3.05) is 19.0 Å². The van der Waals surface area contributed by atoms with Crippen LogP contribution < -0.4 is 4.90 Å². The number of rotatable bonds is 3. The van der Waals surface area contributed by atoms with Crippen LogP contribution in [0.15, 0.2) is 48.5 Å². The molecule has 0 unspecified atom stereocenters. The van der Waals surface area contributed by atoms with Gasteiger partial charge in [-0.2, -0.15) is 0 Å². The number of fused-ring (bicyclic) bond motifs is 1. The van der Waals surface area contributed by atoms with Crippen LogP contribution in [0, 0.1) is 0 Å². The molecule has 0 saturated carbocycles. The Hall–Kier alpha value is -2.13. The van der Waals surface area contributed by atoms with Crippen molar-refractivity contribution in [2.24, 2.45) is 0 Å². The van der Waals surface area contributed by atoms with Crippen LogP contribution in [-0.4, -0.2) is 19.1 Å². The van der Waals surface area contributed by atoms with Crippen molar-refractivity contribution in [1.29, 1.82) is 0 Å². The van der Waals surface area contributed by atoms with Crippen LogP contribution in [0.3, 0.4) is 0 Å². The Morgan fingerprint density at radius 2 is 1.76 bits per heavy atom. The summed E-state index contributed by atoms with van der Waals surface area (Å²) in [6, 6.07) is 16.8. The molecule has 0 aliphatic rings. The van der Waals surface area contributed by atoms with E-state index in [4.69, 9.17) is 4.98 Å². The summed E-state index contributed by atoms with van der Waals surface area (Å²) in [6.45, 7) is 2.12. The molecule has 2 nitrogen and oxygen atoms in total. The number of allylic oxidation sites excluding steroid dienone is 1. The minimum absolute atomic E-state index is 1.08. The van der Waals surface area contributed by atoms with E-state index in [1.807, 2.05) is 6.07 Å². The summed E-state index contributed by atoms with van der Waals surface area (Å²) in [5, 5.41) is 1.09. The molecule has 3 heteroatoms. The number of hydrogen-bond donors (Lipinski definition) is 0. The maximum Gasteiger partial charge on any atom is 0.120 e. The van der Waals surface area contributed by atoms with Crippen LogP contribution in [0.2, 0.25) is 0 Å². The van der Waals surface area contributed by atoms with Gasteiger partial charge in [0.25, 0.3) is 0 Å². The van der Waals surface area contributed by atoms with E-state index < -0.39 is 0 Å². The first-order chi connectivity index (χ1) is 10.1. The lowest BCUT2D eigenvalue weighted by atomic mass is 10.1. The summed E-state index contributed by atoms with van der Waals surface area (Å²) in [5.74, 6) is 0. The highest BCUT2D eigenvalue weighted by atomic mass is 32.1. The van der Waals surface area contributed by atoms with Gasteiger partial charge in [0.2, 0.25) is 0 Å². The van der Waals surface area contributed by atoms with Gasteiger partial charge in [-0.05, 0) is 48.4 Å². The van der Waals surface area contributed by atoms with Crippen LogP contribution in [0.1, 0.15) is 17.5 Å². The molecule has 0 saturated heterocycles. The van der Waals surface area contributed by atoms with Crippen LogP contribution >= 0.6 is 11.3 Å². The highest BCUT2D eigenvalue weighted by Crippen LogP contribution is 2.28. The zero-order valence-corrected chi connectivity index (χ0v) is 13.3. The lowest BCUT2D eigenvalue weighted by Gasteiger charge is -2.11. The Morgan fingerprint density at radius 1 is 1.05 bits per heavy atom. The molecule has 3 rings (SSSR count).